The zero-order valence-corrected chi connectivity index (χ0v) is 8.70. The third-order valence-electron chi connectivity index (χ3n) is 2.51. The van der Waals surface area contributed by atoms with Crippen LogP contribution in [-0.4, -0.2) is 4.57 Å². The summed E-state index contributed by atoms with van der Waals surface area (Å²) in [6, 6.07) is 10.7. The van der Waals surface area contributed by atoms with Crippen molar-refractivity contribution in [2.45, 2.75) is 20.4 Å². The predicted molar refractivity (Wildman–Crippen MR) is 59.5 cm³/mol. The van der Waals surface area contributed by atoms with Gasteiger partial charge in [0.2, 0.25) is 0 Å². The molecule has 72 valence electrons. The smallest absolute Gasteiger partial charge is 0.0472 e. The van der Waals surface area contributed by atoms with Gasteiger partial charge in [-0.15, -0.1) is 0 Å². The number of rotatable bonds is 2. The van der Waals surface area contributed by atoms with E-state index in [0.29, 0.717) is 0 Å². The summed E-state index contributed by atoms with van der Waals surface area (Å²) in [4.78, 5) is 0. The van der Waals surface area contributed by atoms with Crippen molar-refractivity contribution in [1.82, 2.24) is 4.57 Å². The molecule has 0 spiro atoms. The Balaban J connectivity index is 2.23. The van der Waals surface area contributed by atoms with Gasteiger partial charge in [-0.2, -0.15) is 0 Å². The topological polar surface area (TPSA) is 4.93 Å². The first kappa shape index (κ1) is 9.07. The molecule has 0 aliphatic heterocycles. The lowest BCUT2D eigenvalue weighted by atomic mass is 10.1. The number of benzene rings is 1. The van der Waals surface area contributed by atoms with Crippen LogP contribution in [0.2, 0.25) is 0 Å². The number of aryl methyl sites for hydroxylation is 2. The van der Waals surface area contributed by atoms with Crippen LogP contribution in [0.3, 0.4) is 0 Å². The monoisotopic (exact) mass is 185 g/mol. The van der Waals surface area contributed by atoms with Gasteiger partial charge in [0.05, 0.1) is 0 Å². The maximum atomic E-state index is 2.22. The Bertz CT molecular complexity index is 426. The second-order valence-electron chi connectivity index (χ2n) is 3.79. The molecule has 0 fully saturated rings. The van der Waals surface area contributed by atoms with Gasteiger partial charge in [0.1, 0.15) is 0 Å². The molecule has 0 N–H and O–H groups in total. The van der Waals surface area contributed by atoms with Gasteiger partial charge in [-0.25, -0.2) is 0 Å². The lowest BCUT2D eigenvalue weighted by Gasteiger charge is -2.06. The van der Waals surface area contributed by atoms with Crippen LogP contribution in [0.5, 0.6) is 0 Å². The fourth-order valence-electron chi connectivity index (χ4n) is 1.64. The van der Waals surface area contributed by atoms with Crippen molar-refractivity contribution in [3.05, 3.63) is 59.4 Å². The average molecular weight is 185 g/mol. The van der Waals surface area contributed by atoms with E-state index in [1.165, 1.54) is 16.7 Å². The number of hydrogen-bond acceptors (Lipinski definition) is 0. The van der Waals surface area contributed by atoms with Crippen molar-refractivity contribution in [2.75, 3.05) is 0 Å². The first-order chi connectivity index (χ1) is 6.75. The SMILES string of the molecule is Cc1ccn(Cc2ccccc2C)c1. The third-order valence-corrected chi connectivity index (χ3v) is 2.51. The van der Waals surface area contributed by atoms with Gasteiger partial charge >= 0.3 is 0 Å². The maximum Gasteiger partial charge on any atom is 0.0472 e. The van der Waals surface area contributed by atoms with Gasteiger partial charge < -0.3 is 4.57 Å². The molecule has 14 heavy (non-hydrogen) atoms. The van der Waals surface area contributed by atoms with Crippen LogP contribution < -0.4 is 0 Å². The van der Waals surface area contributed by atoms with E-state index in [0.717, 1.165) is 6.54 Å². The highest BCUT2D eigenvalue weighted by Gasteiger charge is 1.97. The minimum Gasteiger partial charge on any atom is -0.350 e. The Hall–Kier alpha value is -1.50. The van der Waals surface area contributed by atoms with Crippen LogP contribution in [0.25, 0.3) is 0 Å². The maximum absolute atomic E-state index is 2.22. The van der Waals surface area contributed by atoms with Crippen molar-refractivity contribution in [2.24, 2.45) is 0 Å². The molecule has 0 saturated heterocycles. The first-order valence-electron chi connectivity index (χ1n) is 4.92. The van der Waals surface area contributed by atoms with E-state index < -0.39 is 0 Å². The van der Waals surface area contributed by atoms with Crippen molar-refractivity contribution >= 4 is 0 Å². The Morgan fingerprint density at radius 2 is 1.86 bits per heavy atom. The number of hydrogen-bond donors (Lipinski definition) is 0. The average Bonchev–Trinajstić information content (AvgIpc) is 2.56. The molecule has 1 heteroatoms. The molecule has 0 radical (unpaired) electrons. The van der Waals surface area contributed by atoms with E-state index in [-0.39, 0.29) is 0 Å². The minimum absolute atomic E-state index is 0.973. The fraction of sp³-hybridized carbons (Fsp3) is 0.231. The summed E-state index contributed by atoms with van der Waals surface area (Å²) in [5, 5.41) is 0. The van der Waals surface area contributed by atoms with Gasteiger partial charge in [-0.05, 0) is 36.6 Å². The molecule has 1 nitrogen and oxygen atoms in total. The van der Waals surface area contributed by atoms with E-state index in [9.17, 15) is 0 Å². The molecule has 1 heterocycles. The lowest BCUT2D eigenvalue weighted by Crippen LogP contribution is -1.97. The first-order valence-corrected chi connectivity index (χ1v) is 4.92. The second-order valence-corrected chi connectivity index (χ2v) is 3.79. The van der Waals surface area contributed by atoms with E-state index in [4.69, 9.17) is 0 Å². The van der Waals surface area contributed by atoms with E-state index in [1.54, 1.807) is 0 Å². The van der Waals surface area contributed by atoms with Gasteiger partial charge in [-0.1, -0.05) is 24.3 Å². The van der Waals surface area contributed by atoms with E-state index in [1.807, 2.05) is 0 Å². The highest BCUT2D eigenvalue weighted by Crippen LogP contribution is 2.10. The summed E-state index contributed by atoms with van der Waals surface area (Å²) in [6.45, 7) is 5.25. The van der Waals surface area contributed by atoms with Crippen LogP contribution in [-0.2, 0) is 6.54 Å². The van der Waals surface area contributed by atoms with Crippen molar-refractivity contribution in [3.8, 4) is 0 Å². The van der Waals surface area contributed by atoms with E-state index >= 15 is 0 Å². The summed E-state index contributed by atoms with van der Waals surface area (Å²) < 4.78 is 2.22. The molecule has 0 aliphatic rings. The molecule has 0 aliphatic carbocycles. The van der Waals surface area contributed by atoms with Crippen LogP contribution in [0, 0.1) is 13.8 Å². The van der Waals surface area contributed by atoms with Crippen LogP contribution in [0.4, 0.5) is 0 Å². The summed E-state index contributed by atoms with van der Waals surface area (Å²) in [6.07, 6.45) is 4.30. The van der Waals surface area contributed by atoms with Crippen LogP contribution in [0.1, 0.15) is 16.7 Å². The van der Waals surface area contributed by atoms with Crippen molar-refractivity contribution in [3.63, 3.8) is 0 Å². The zero-order chi connectivity index (χ0) is 9.97. The van der Waals surface area contributed by atoms with Gasteiger partial charge in [-0.3, -0.25) is 0 Å². The lowest BCUT2D eigenvalue weighted by molar-refractivity contribution is 0.799. The Kier molecular flexibility index (Phi) is 2.40. The Morgan fingerprint density at radius 3 is 2.50 bits per heavy atom. The van der Waals surface area contributed by atoms with E-state index in [2.05, 4.69) is 61.1 Å². The van der Waals surface area contributed by atoms with Crippen molar-refractivity contribution < 1.29 is 0 Å². The molecular formula is C13H15N. The van der Waals surface area contributed by atoms with Gasteiger partial charge in [0.15, 0.2) is 0 Å². The third kappa shape index (κ3) is 1.87. The molecule has 0 amide bonds. The van der Waals surface area contributed by atoms with Gasteiger partial charge in [0.25, 0.3) is 0 Å². The van der Waals surface area contributed by atoms with Gasteiger partial charge in [0, 0.05) is 18.9 Å². The molecule has 0 unspecified atom stereocenters. The second kappa shape index (κ2) is 3.70. The standard InChI is InChI=1S/C13H15N/c1-11-7-8-14(9-11)10-13-6-4-3-5-12(13)2/h3-9H,10H2,1-2H3. The summed E-state index contributed by atoms with van der Waals surface area (Å²) in [5.41, 5.74) is 4.07. The number of nitrogens with zero attached hydrogens (tertiary/aromatic N) is 1. The summed E-state index contributed by atoms with van der Waals surface area (Å²) in [5.74, 6) is 0. The normalized spacial score (nSPS) is 10.4. The fourth-order valence-corrected chi connectivity index (χ4v) is 1.64. The largest absolute Gasteiger partial charge is 0.350 e. The van der Waals surface area contributed by atoms with Crippen molar-refractivity contribution in [1.29, 1.82) is 0 Å². The molecule has 0 atom stereocenters. The minimum atomic E-state index is 0.973. The molecular weight excluding hydrogens is 170 g/mol. The van der Waals surface area contributed by atoms with Crippen LogP contribution in [0.15, 0.2) is 42.7 Å². The summed E-state index contributed by atoms with van der Waals surface area (Å²) in [7, 11) is 0. The number of aromatic nitrogens is 1. The summed E-state index contributed by atoms with van der Waals surface area (Å²) >= 11 is 0. The highest BCUT2D eigenvalue weighted by molar-refractivity contribution is 5.26. The molecule has 2 rings (SSSR count). The van der Waals surface area contributed by atoms with Crippen LogP contribution >= 0.6 is 0 Å². The zero-order valence-electron chi connectivity index (χ0n) is 8.70. The Labute approximate surface area is 85.0 Å². The highest BCUT2D eigenvalue weighted by atomic mass is 14.9. The molecule has 0 bridgehead atoms. The molecule has 0 saturated carbocycles. The predicted octanol–water partition coefficient (Wildman–Crippen LogP) is 3.15. The quantitative estimate of drug-likeness (QED) is 0.677. The molecule has 2 aromatic rings. The molecule has 1 aromatic heterocycles. The Morgan fingerprint density at radius 1 is 1.07 bits per heavy atom. The molecule has 1 aromatic carbocycles.